The lowest BCUT2D eigenvalue weighted by molar-refractivity contribution is 0.197. The summed E-state index contributed by atoms with van der Waals surface area (Å²) in [5.41, 5.74) is 9.09. The van der Waals surface area contributed by atoms with Gasteiger partial charge in [0.2, 0.25) is 0 Å². The maximum atomic E-state index is 6.29. The molecule has 0 aromatic heterocycles. The zero-order valence-corrected chi connectivity index (χ0v) is 8.32. The van der Waals surface area contributed by atoms with Crippen LogP contribution in [0.15, 0.2) is 24.3 Å². The lowest BCUT2D eigenvalue weighted by atomic mass is 9.90. The minimum absolute atomic E-state index is 0.238. The molecule has 1 fully saturated rings. The molecule has 3 rings (SSSR count). The van der Waals surface area contributed by atoms with Crippen LogP contribution in [0, 0.1) is 0 Å². The van der Waals surface area contributed by atoms with Gasteiger partial charge in [-0.3, -0.25) is 4.90 Å². The van der Waals surface area contributed by atoms with E-state index < -0.39 is 0 Å². The van der Waals surface area contributed by atoms with Crippen LogP contribution in [0.4, 0.5) is 0 Å². The van der Waals surface area contributed by atoms with Gasteiger partial charge in [-0.15, -0.1) is 0 Å². The number of benzene rings is 1. The lowest BCUT2D eigenvalue weighted by Crippen LogP contribution is -2.42. The Morgan fingerprint density at radius 1 is 1.29 bits per heavy atom. The Morgan fingerprint density at radius 2 is 2.14 bits per heavy atom. The first-order chi connectivity index (χ1) is 6.86. The zero-order chi connectivity index (χ0) is 9.54. The first kappa shape index (κ1) is 8.45. The summed E-state index contributed by atoms with van der Waals surface area (Å²) >= 11 is 0. The number of nitrogens with zero attached hydrogens (tertiary/aromatic N) is 1. The second-order valence-corrected chi connectivity index (χ2v) is 4.40. The van der Waals surface area contributed by atoms with Crippen molar-refractivity contribution in [3.63, 3.8) is 0 Å². The summed E-state index contributed by atoms with van der Waals surface area (Å²) in [6.07, 6.45) is 2.59. The van der Waals surface area contributed by atoms with Gasteiger partial charge in [-0.05, 0) is 30.5 Å². The van der Waals surface area contributed by atoms with Crippen LogP contribution in [0.1, 0.15) is 30.0 Å². The maximum absolute atomic E-state index is 6.29. The molecule has 2 aliphatic heterocycles. The SMILES string of the molecule is NC1c2ccccc2CN2CCC[C@@H]12. The fraction of sp³-hybridized carbons (Fsp3) is 0.500. The highest BCUT2D eigenvalue weighted by Gasteiger charge is 2.35. The van der Waals surface area contributed by atoms with Gasteiger partial charge in [0.15, 0.2) is 0 Å². The monoisotopic (exact) mass is 188 g/mol. The van der Waals surface area contributed by atoms with Crippen molar-refractivity contribution in [1.29, 1.82) is 0 Å². The van der Waals surface area contributed by atoms with Gasteiger partial charge >= 0.3 is 0 Å². The Labute approximate surface area is 84.7 Å². The number of hydrogen-bond donors (Lipinski definition) is 1. The standard InChI is InChI=1S/C12H16N2/c13-12-10-5-2-1-4-9(10)8-14-7-3-6-11(12)14/h1-2,4-5,11-12H,3,6-8,13H2/t11-,12?/m0/s1. The van der Waals surface area contributed by atoms with Crippen LogP contribution < -0.4 is 5.73 Å². The molecule has 1 saturated heterocycles. The predicted octanol–water partition coefficient (Wildman–Crippen LogP) is 1.66. The van der Waals surface area contributed by atoms with E-state index in [0.717, 1.165) is 6.54 Å². The van der Waals surface area contributed by atoms with E-state index in [1.807, 2.05) is 0 Å². The predicted molar refractivity (Wildman–Crippen MR) is 56.8 cm³/mol. The third-order valence-electron chi connectivity index (χ3n) is 3.62. The minimum atomic E-state index is 0.238. The normalized spacial score (nSPS) is 31.2. The number of rotatable bonds is 0. The van der Waals surface area contributed by atoms with Crippen molar-refractivity contribution in [3.8, 4) is 0 Å². The van der Waals surface area contributed by atoms with Crippen molar-refractivity contribution < 1.29 is 0 Å². The highest BCUT2D eigenvalue weighted by Crippen LogP contribution is 2.35. The minimum Gasteiger partial charge on any atom is -0.323 e. The Morgan fingerprint density at radius 3 is 3.07 bits per heavy atom. The molecule has 0 radical (unpaired) electrons. The summed E-state index contributed by atoms with van der Waals surface area (Å²) in [6, 6.07) is 9.46. The fourth-order valence-electron chi connectivity index (χ4n) is 2.88. The molecule has 1 aromatic rings. The van der Waals surface area contributed by atoms with E-state index in [1.54, 1.807) is 0 Å². The van der Waals surface area contributed by atoms with Gasteiger partial charge in [0.25, 0.3) is 0 Å². The highest BCUT2D eigenvalue weighted by atomic mass is 15.2. The average molecular weight is 188 g/mol. The molecule has 14 heavy (non-hydrogen) atoms. The van der Waals surface area contributed by atoms with Gasteiger partial charge in [0.1, 0.15) is 0 Å². The zero-order valence-electron chi connectivity index (χ0n) is 8.32. The van der Waals surface area contributed by atoms with Gasteiger partial charge < -0.3 is 5.73 Å². The molecular weight excluding hydrogens is 172 g/mol. The van der Waals surface area contributed by atoms with Crippen LogP contribution in [0.3, 0.4) is 0 Å². The van der Waals surface area contributed by atoms with Crippen LogP contribution in [0.5, 0.6) is 0 Å². The van der Waals surface area contributed by atoms with E-state index >= 15 is 0 Å². The van der Waals surface area contributed by atoms with Crippen molar-refractivity contribution in [1.82, 2.24) is 4.90 Å². The van der Waals surface area contributed by atoms with E-state index in [4.69, 9.17) is 5.73 Å². The van der Waals surface area contributed by atoms with E-state index in [0.29, 0.717) is 6.04 Å². The third kappa shape index (κ3) is 1.11. The quantitative estimate of drug-likeness (QED) is 0.671. The van der Waals surface area contributed by atoms with Crippen LogP contribution in [-0.2, 0) is 6.54 Å². The second kappa shape index (κ2) is 3.07. The Kier molecular flexibility index (Phi) is 1.85. The summed E-state index contributed by atoms with van der Waals surface area (Å²) in [6.45, 7) is 2.33. The molecule has 2 heteroatoms. The van der Waals surface area contributed by atoms with Crippen molar-refractivity contribution in [3.05, 3.63) is 35.4 Å². The molecule has 0 spiro atoms. The van der Waals surface area contributed by atoms with E-state index in [9.17, 15) is 0 Å². The molecule has 0 aliphatic carbocycles. The molecule has 1 unspecified atom stereocenters. The van der Waals surface area contributed by atoms with Crippen LogP contribution >= 0.6 is 0 Å². The van der Waals surface area contributed by atoms with Crippen molar-refractivity contribution in [2.75, 3.05) is 6.54 Å². The summed E-state index contributed by atoms with van der Waals surface area (Å²) < 4.78 is 0. The summed E-state index contributed by atoms with van der Waals surface area (Å²) in [5.74, 6) is 0. The largest absolute Gasteiger partial charge is 0.323 e. The molecular formula is C12H16N2. The molecule has 1 aromatic carbocycles. The fourth-order valence-corrected chi connectivity index (χ4v) is 2.88. The number of fused-ring (bicyclic) bond motifs is 2. The molecule has 0 bridgehead atoms. The number of hydrogen-bond acceptors (Lipinski definition) is 2. The summed E-state index contributed by atoms with van der Waals surface area (Å²) in [7, 11) is 0. The van der Waals surface area contributed by atoms with Crippen molar-refractivity contribution in [2.24, 2.45) is 5.73 Å². The molecule has 2 N–H and O–H groups in total. The first-order valence-corrected chi connectivity index (χ1v) is 5.44. The lowest BCUT2D eigenvalue weighted by Gasteiger charge is -2.36. The molecule has 0 amide bonds. The van der Waals surface area contributed by atoms with Crippen LogP contribution in [0.25, 0.3) is 0 Å². The van der Waals surface area contributed by atoms with Crippen molar-refractivity contribution in [2.45, 2.75) is 31.5 Å². The Balaban J connectivity index is 2.04. The van der Waals surface area contributed by atoms with Gasteiger partial charge in [-0.2, -0.15) is 0 Å². The first-order valence-electron chi connectivity index (χ1n) is 5.44. The molecule has 2 aliphatic rings. The molecule has 2 heterocycles. The van der Waals surface area contributed by atoms with E-state index in [1.165, 1.54) is 30.5 Å². The Hall–Kier alpha value is -0.860. The van der Waals surface area contributed by atoms with Gasteiger partial charge in [0.05, 0.1) is 0 Å². The van der Waals surface area contributed by atoms with E-state index in [-0.39, 0.29) is 6.04 Å². The molecule has 2 atom stereocenters. The summed E-state index contributed by atoms with van der Waals surface area (Å²) in [4.78, 5) is 2.53. The molecule has 74 valence electrons. The molecule has 2 nitrogen and oxygen atoms in total. The molecule has 0 saturated carbocycles. The topological polar surface area (TPSA) is 29.3 Å². The number of nitrogens with two attached hydrogens (primary N) is 1. The van der Waals surface area contributed by atoms with Crippen molar-refractivity contribution >= 4 is 0 Å². The second-order valence-electron chi connectivity index (χ2n) is 4.40. The van der Waals surface area contributed by atoms with E-state index in [2.05, 4.69) is 29.2 Å². The van der Waals surface area contributed by atoms with Gasteiger partial charge in [0, 0.05) is 18.6 Å². The van der Waals surface area contributed by atoms with Gasteiger partial charge in [-0.1, -0.05) is 24.3 Å². The maximum Gasteiger partial charge on any atom is 0.0456 e. The Bertz CT molecular complexity index is 348. The van der Waals surface area contributed by atoms with Crippen LogP contribution in [0.2, 0.25) is 0 Å². The average Bonchev–Trinajstić information content (AvgIpc) is 2.66. The third-order valence-corrected chi connectivity index (χ3v) is 3.62. The van der Waals surface area contributed by atoms with Gasteiger partial charge in [-0.25, -0.2) is 0 Å². The smallest absolute Gasteiger partial charge is 0.0456 e. The summed E-state index contributed by atoms with van der Waals surface area (Å²) in [5, 5.41) is 0. The highest BCUT2D eigenvalue weighted by molar-refractivity contribution is 5.33. The van der Waals surface area contributed by atoms with Crippen LogP contribution in [-0.4, -0.2) is 17.5 Å².